The summed E-state index contributed by atoms with van der Waals surface area (Å²) in [4.78, 5) is 1.97. The van der Waals surface area contributed by atoms with Crippen LogP contribution < -0.4 is 10.6 Å². The van der Waals surface area contributed by atoms with Crippen LogP contribution >= 0.6 is 0 Å². The lowest BCUT2D eigenvalue weighted by molar-refractivity contribution is 0.201. The SMILES string of the molecule is CC(O)CN(C)c1cccc(N)c1. The predicted octanol–water partition coefficient (Wildman–Crippen LogP) is 1.09. The van der Waals surface area contributed by atoms with Gasteiger partial charge in [-0.25, -0.2) is 0 Å². The Morgan fingerprint density at radius 3 is 2.77 bits per heavy atom. The third kappa shape index (κ3) is 2.95. The van der Waals surface area contributed by atoms with Gasteiger partial charge in [-0.15, -0.1) is 0 Å². The molecule has 3 heteroatoms. The predicted molar refractivity (Wildman–Crippen MR) is 55.8 cm³/mol. The number of nitrogens with zero attached hydrogens (tertiary/aromatic N) is 1. The second-order valence-electron chi connectivity index (χ2n) is 3.32. The van der Waals surface area contributed by atoms with E-state index >= 15 is 0 Å². The Labute approximate surface area is 78.8 Å². The smallest absolute Gasteiger partial charge is 0.0686 e. The number of benzene rings is 1. The van der Waals surface area contributed by atoms with E-state index in [-0.39, 0.29) is 6.10 Å². The molecule has 0 spiro atoms. The zero-order valence-electron chi connectivity index (χ0n) is 8.07. The number of anilines is 2. The highest BCUT2D eigenvalue weighted by atomic mass is 16.3. The van der Waals surface area contributed by atoms with E-state index in [4.69, 9.17) is 5.73 Å². The molecular weight excluding hydrogens is 164 g/mol. The van der Waals surface area contributed by atoms with Crippen LogP contribution in [0.15, 0.2) is 24.3 Å². The molecule has 0 aliphatic heterocycles. The fraction of sp³-hybridized carbons (Fsp3) is 0.400. The van der Waals surface area contributed by atoms with Crippen molar-refractivity contribution in [2.75, 3.05) is 24.2 Å². The lowest BCUT2D eigenvalue weighted by Crippen LogP contribution is -2.26. The van der Waals surface area contributed by atoms with Crippen molar-refractivity contribution in [2.45, 2.75) is 13.0 Å². The van der Waals surface area contributed by atoms with Gasteiger partial charge in [-0.2, -0.15) is 0 Å². The highest BCUT2D eigenvalue weighted by Crippen LogP contribution is 2.15. The maximum atomic E-state index is 9.18. The summed E-state index contributed by atoms with van der Waals surface area (Å²) >= 11 is 0. The van der Waals surface area contributed by atoms with E-state index < -0.39 is 0 Å². The lowest BCUT2D eigenvalue weighted by Gasteiger charge is -2.20. The van der Waals surface area contributed by atoms with E-state index in [0.29, 0.717) is 6.54 Å². The Morgan fingerprint density at radius 2 is 2.23 bits per heavy atom. The Kier molecular flexibility index (Phi) is 3.14. The van der Waals surface area contributed by atoms with Crippen molar-refractivity contribution >= 4 is 11.4 Å². The third-order valence-corrected chi connectivity index (χ3v) is 1.85. The maximum absolute atomic E-state index is 9.18. The molecule has 72 valence electrons. The van der Waals surface area contributed by atoms with E-state index in [2.05, 4.69) is 0 Å². The van der Waals surface area contributed by atoms with Crippen LogP contribution in [0.25, 0.3) is 0 Å². The molecule has 0 saturated carbocycles. The van der Waals surface area contributed by atoms with Gasteiger partial charge in [0.15, 0.2) is 0 Å². The molecule has 1 rings (SSSR count). The summed E-state index contributed by atoms with van der Waals surface area (Å²) in [6.07, 6.45) is -0.327. The van der Waals surface area contributed by atoms with Crippen molar-refractivity contribution in [2.24, 2.45) is 0 Å². The zero-order valence-corrected chi connectivity index (χ0v) is 8.07. The Morgan fingerprint density at radius 1 is 1.54 bits per heavy atom. The average molecular weight is 180 g/mol. The van der Waals surface area contributed by atoms with Crippen LogP contribution in [0.5, 0.6) is 0 Å². The van der Waals surface area contributed by atoms with Crippen LogP contribution in [0.3, 0.4) is 0 Å². The number of likely N-dealkylation sites (N-methyl/N-ethyl adjacent to an activating group) is 1. The third-order valence-electron chi connectivity index (χ3n) is 1.85. The second kappa shape index (κ2) is 4.14. The van der Waals surface area contributed by atoms with Crippen molar-refractivity contribution in [1.82, 2.24) is 0 Å². The van der Waals surface area contributed by atoms with Crippen molar-refractivity contribution in [3.63, 3.8) is 0 Å². The molecule has 1 aromatic rings. The number of hydrogen-bond donors (Lipinski definition) is 2. The minimum Gasteiger partial charge on any atom is -0.399 e. The largest absolute Gasteiger partial charge is 0.399 e. The first-order chi connectivity index (χ1) is 6.09. The van der Waals surface area contributed by atoms with Crippen LogP contribution in [-0.2, 0) is 0 Å². The average Bonchev–Trinajstić information content (AvgIpc) is 2.03. The number of aliphatic hydroxyl groups excluding tert-OH is 1. The number of nitrogens with two attached hydrogens (primary N) is 1. The summed E-state index contributed by atoms with van der Waals surface area (Å²) in [6, 6.07) is 7.62. The van der Waals surface area contributed by atoms with Crippen molar-refractivity contribution in [3.8, 4) is 0 Å². The number of nitrogen functional groups attached to an aromatic ring is 1. The van der Waals surface area contributed by atoms with E-state index in [1.807, 2.05) is 36.2 Å². The van der Waals surface area contributed by atoms with Crippen LogP contribution in [0.2, 0.25) is 0 Å². The molecule has 0 fully saturated rings. The van der Waals surface area contributed by atoms with Crippen molar-refractivity contribution in [3.05, 3.63) is 24.3 Å². The van der Waals surface area contributed by atoms with Gasteiger partial charge in [0.2, 0.25) is 0 Å². The standard InChI is InChI=1S/C10H16N2O/c1-8(13)7-12(2)10-5-3-4-9(11)6-10/h3-6,8,13H,7,11H2,1-2H3. The maximum Gasteiger partial charge on any atom is 0.0686 e. The molecular formula is C10H16N2O. The first-order valence-corrected chi connectivity index (χ1v) is 4.34. The van der Waals surface area contributed by atoms with Crippen molar-refractivity contribution < 1.29 is 5.11 Å². The molecule has 0 saturated heterocycles. The normalized spacial score (nSPS) is 12.5. The second-order valence-corrected chi connectivity index (χ2v) is 3.32. The van der Waals surface area contributed by atoms with Crippen LogP contribution in [-0.4, -0.2) is 24.8 Å². The monoisotopic (exact) mass is 180 g/mol. The molecule has 1 unspecified atom stereocenters. The molecule has 0 amide bonds. The first-order valence-electron chi connectivity index (χ1n) is 4.34. The molecule has 0 radical (unpaired) electrons. The van der Waals surface area contributed by atoms with Gasteiger partial charge < -0.3 is 15.7 Å². The van der Waals surface area contributed by atoms with E-state index in [9.17, 15) is 5.11 Å². The molecule has 0 aliphatic carbocycles. The number of rotatable bonds is 3. The van der Waals surface area contributed by atoms with Gasteiger partial charge in [0.05, 0.1) is 6.10 Å². The highest BCUT2D eigenvalue weighted by Gasteiger charge is 2.03. The number of hydrogen-bond acceptors (Lipinski definition) is 3. The van der Waals surface area contributed by atoms with E-state index in [1.54, 1.807) is 6.92 Å². The van der Waals surface area contributed by atoms with Gasteiger partial charge in [0, 0.05) is 25.0 Å². The fourth-order valence-corrected chi connectivity index (χ4v) is 1.26. The van der Waals surface area contributed by atoms with Crippen molar-refractivity contribution in [1.29, 1.82) is 0 Å². The van der Waals surface area contributed by atoms with Crippen LogP contribution in [0, 0.1) is 0 Å². The minimum absolute atomic E-state index is 0.327. The van der Waals surface area contributed by atoms with Gasteiger partial charge >= 0.3 is 0 Å². The quantitative estimate of drug-likeness (QED) is 0.684. The van der Waals surface area contributed by atoms with Gasteiger partial charge in [0.25, 0.3) is 0 Å². The molecule has 0 heterocycles. The van der Waals surface area contributed by atoms with Gasteiger partial charge in [0.1, 0.15) is 0 Å². The molecule has 1 atom stereocenters. The Bertz CT molecular complexity index is 273. The summed E-state index contributed by atoms with van der Waals surface area (Å²) in [5.74, 6) is 0. The summed E-state index contributed by atoms with van der Waals surface area (Å²) in [7, 11) is 1.93. The zero-order chi connectivity index (χ0) is 9.84. The van der Waals surface area contributed by atoms with Crippen LogP contribution in [0.4, 0.5) is 11.4 Å². The minimum atomic E-state index is -0.327. The summed E-state index contributed by atoms with van der Waals surface area (Å²) in [5, 5.41) is 9.18. The van der Waals surface area contributed by atoms with Gasteiger partial charge in [-0.05, 0) is 25.1 Å². The molecule has 13 heavy (non-hydrogen) atoms. The lowest BCUT2D eigenvalue weighted by atomic mass is 10.2. The first kappa shape index (κ1) is 9.86. The van der Waals surface area contributed by atoms with Gasteiger partial charge in [-0.1, -0.05) is 6.07 Å². The summed E-state index contributed by atoms with van der Waals surface area (Å²) in [6.45, 7) is 2.38. The van der Waals surface area contributed by atoms with Crippen LogP contribution in [0.1, 0.15) is 6.92 Å². The number of aliphatic hydroxyl groups is 1. The summed E-state index contributed by atoms with van der Waals surface area (Å²) in [5.41, 5.74) is 7.41. The van der Waals surface area contributed by atoms with E-state index in [1.165, 1.54) is 0 Å². The Balaban J connectivity index is 2.71. The molecule has 3 nitrogen and oxygen atoms in total. The highest BCUT2D eigenvalue weighted by molar-refractivity contribution is 5.55. The Hall–Kier alpha value is -1.22. The van der Waals surface area contributed by atoms with Gasteiger partial charge in [-0.3, -0.25) is 0 Å². The molecule has 0 aliphatic rings. The molecule has 3 N–H and O–H groups in total. The topological polar surface area (TPSA) is 49.5 Å². The molecule has 1 aromatic carbocycles. The molecule has 0 bridgehead atoms. The summed E-state index contributed by atoms with van der Waals surface area (Å²) < 4.78 is 0. The van der Waals surface area contributed by atoms with E-state index in [0.717, 1.165) is 11.4 Å². The molecule has 0 aromatic heterocycles. The fourth-order valence-electron chi connectivity index (χ4n) is 1.26.